The van der Waals surface area contributed by atoms with Crippen LogP contribution in [0.15, 0.2) is 59.9 Å². The summed E-state index contributed by atoms with van der Waals surface area (Å²) in [6, 6.07) is 18.4. The first-order chi connectivity index (χ1) is 13.1. The number of nitrogens with zero attached hydrogens (tertiary/aromatic N) is 4. The molecule has 3 aromatic rings. The number of hydrogen-bond donors (Lipinski definition) is 2. The van der Waals surface area contributed by atoms with Gasteiger partial charge in [-0.1, -0.05) is 23.9 Å². The molecule has 1 aromatic heterocycles. The predicted molar refractivity (Wildman–Crippen MR) is 102 cm³/mol. The highest BCUT2D eigenvalue weighted by atomic mass is 32.2. The average molecular weight is 376 g/mol. The normalized spacial score (nSPS) is 11.6. The molecule has 1 unspecified atom stereocenters. The zero-order valence-electron chi connectivity index (χ0n) is 14.3. The third-order valence-electron chi connectivity index (χ3n) is 3.87. The molecule has 0 radical (unpaired) electrons. The molecule has 0 aliphatic rings. The minimum atomic E-state index is -0.834. The number of imidazole rings is 1. The minimum absolute atomic E-state index is 0.302. The zero-order chi connectivity index (χ0) is 19.2. The first kappa shape index (κ1) is 18.7. The van der Waals surface area contributed by atoms with Crippen LogP contribution in [-0.2, 0) is 0 Å². The van der Waals surface area contributed by atoms with Crippen molar-refractivity contribution in [1.82, 2.24) is 9.55 Å². The Morgan fingerprint density at radius 1 is 1.00 bits per heavy atom. The highest BCUT2D eigenvalue weighted by Crippen LogP contribution is 2.28. The van der Waals surface area contributed by atoms with Gasteiger partial charge in [0.2, 0.25) is 0 Å². The lowest BCUT2D eigenvalue weighted by atomic mass is 10.1. The third kappa shape index (κ3) is 4.36. The van der Waals surface area contributed by atoms with Gasteiger partial charge in [-0.25, -0.2) is 4.98 Å². The second-order valence-corrected chi connectivity index (χ2v) is 6.76. The van der Waals surface area contributed by atoms with Gasteiger partial charge in [-0.05, 0) is 36.4 Å². The summed E-state index contributed by atoms with van der Waals surface area (Å²) in [5.74, 6) is 0.302. The maximum Gasteiger partial charge on any atom is 0.173 e. The molecule has 0 fully saturated rings. The van der Waals surface area contributed by atoms with Gasteiger partial charge < -0.3 is 10.2 Å². The highest BCUT2D eigenvalue weighted by molar-refractivity contribution is 7.99. The van der Waals surface area contributed by atoms with E-state index in [-0.39, 0.29) is 6.61 Å². The molecule has 3 rings (SSSR count). The van der Waals surface area contributed by atoms with Gasteiger partial charge in [-0.2, -0.15) is 10.5 Å². The lowest BCUT2D eigenvalue weighted by molar-refractivity contribution is 0.113. The van der Waals surface area contributed by atoms with E-state index in [1.807, 2.05) is 35.0 Å². The Kier molecular flexibility index (Phi) is 5.90. The maximum atomic E-state index is 9.66. The molecule has 0 aliphatic heterocycles. The number of hydrogen-bond acceptors (Lipinski definition) is 6. The van der Waals surface area contributed by atoms with E-state index in [2.05, 4.69) is 17.1 Å². The van der Waals surface area contributed by atoms with Crippen molar-refractivity contribution in [3.63, 3.8) is 0 Å². The van der Waals surface area contributed by atoms with Crippen molar-refractivity contribution < 1.29 is 10.2 Å². The Morgan fingerprint density at radius 3 is 2.15 bits per heavy atom. The van der Waals surface area contributed by atoms with E-state index in [9.17, 15) is 5.11 Å². The molecule has 0 saturated heterocycles. The molecule has 0 spiro atoms. The Balaban J connectivity index is 1.99. The summed E-state index contributed by atoms with van der Waals surface area (Å²) in [4.78, 5) is 4.65. The van der Waals surface area contributed by atoms with E-state index >= 15 is 0 Å². The molecule has 7 heteroatoms. The van der Waals surface area contributed by atoms with Gasteiger partial charge in [0.25, 0.3) is 0 Å². The summed E-state index contributed by atoms with van der Waals surface area (Å²) in [6.07, 6.45) is 1.04. The summed E-state index contributed by atoms with van der Waals surface area (Å²) in [7, 11) is 0. The van der Waals surface area contributed by atoms with Gasteiger partial charge >= 0.3 is 0 Å². The Bertz CT molecular complexity index is 998. The van der Waals surface area contributed by atoms with Crippen LogP contribution in [0.5, 0.6) is 0 Å². The Hall–Kier alpha value is -3.10. The number of rotatable bonds is 6. The van der Waals surface area contributed by atoms with E-state index < -0.39 is 6.10 Å². The van der Waals surface area contributed by atoms with Gasteiger partial charge in [0.1, 0.15) is 0 Å². The van der Waals surface area contributed by atoms with E-state index in [0.717, 1.165) is 16.9 Å². The summed E-state index contributed by atoms with van der Waals surface area (Å²) in [6.45, 7) is -0.312. The molecule has 27 heavy (non-hydrogen) atoms. The number of thioether (sulfide) groups is 1. The lowest BCUT2D eigenvalue weighted by Gasteiger charge is -2.09. The first-order valence-electron chi connectivity index (χ1n) is 8.16. The van der Waals surface area contributed by atoms with E-state index in [1.54, 1.807) is 24.3 Å². The summed E-state index contributed by atoms with van der Waals surface area (Å²) < 4.78 is 1.88. The van der Waals surface area contributed by atoms with Gasteiger partial charge in [-0.3, -0.25) is 4.57 Å². The molecular formula is C20H16N4O2S. The molecule has 134 valence electrons. The van der Waals surface area contributed by atoms with Crippen LogP contribution in [0.3, 0.4) is 0 Å². The molecule has 1 heterocycles. The number of nitriles is 2. The number of aliphatic hydroxyl groups excluding tert-OH is 2. The molecule has 0 aliphatic carbocycles. The van der Waals surface area contributed by atoms with Crippen LogP contribution in [-0.4, -0.2) is 38.2 Å². The van der Waals surface area contributed by atoms with Crippen LogP contribution in [0.4, 0.5) is 0 Å². The van der Waals surface area contributed by atoms with E-state index in [4.69, 9.17) is 15.6 Å². The van der Waals surface area contributed by atoms with Crippen molar-refractivity contribution in [2.75, 3.05) is 12.4 Å². The molecule has 2 N–H and O–H groups in total. The van der Waals surface area contributed by atoms with Crippen molar-refractivity contribution in [2.45, 2.75) is 11.3 Å². The summed E-state index contributed by atoms with van der Waals surface area (Å²) in [5, 5.41) is 37.3. The van der Waals surface area contributed by atoms with Gasteiger partial charge in [0.15, 0.2) is 5.16 Å². The third-order valence-corrected chi connectivity index (χ3v) is 4.97. The Morgan fingerprint density at radius 2 is 1.59 bits per heavy atom. The molecule has 0 saturated carbocycles. The Labute approximate surface area is 161 Å². The lowest BCUT2D eigenvalue weighted by Crippen LogP contribution is -2.15. The molecule has 2 aromatic carbocycles. The van der Waals surface area contributed by atoms with Gasteiger partial charge in [-0.15, -0.1) is 0 Å². The second kappa shape index (κ2) is 8.52. The fraction of sp³-hybridized carbons (Fsp3) is 0.150. The monoisotopic (exact) mass is 376 g/mol. The van der Waals surface area contributed by atoms with E-state index in [0.29, 0.717) is 22.0 Å². The molecule has 0 amide bonds. The average Bonchev–Trinajstić information content (AvgIpc) is 3.16. The quantitative estimate of drug-likeness (QED) is 0.641. The van der Waals surface area contributed by atoms with Gasteiger partial charge in [0, 0.05) is 23.2 Å². The zero-order valence-corrected chi connectivity index (χ0v) is 15.1. The van der Waals surface area contributed by atoms with Crippen LogP contribution >= 0.6 is 11.8 Å². The SMILES string of the molecule is N#Cc1ccc(-c2cn(-c3ccc(C#N)cc3)c(SCC(O)CO)n2)cc1. The predicted octanol–water partition coefficient (Wildman–Crippen LogP) is 2.73. The smallest absolute Gasteiger partial charge is 0.173 e. The minimum Gasteiger partial charge on any atom is -0.394 e. The number of aliphatic hydroxyl groups is 2. The van der Waals surface area contributed by atoms with Crippen molar-refractivity contribution in [3.05, 3.63) is 65.9 Å². The standard InChI is InChI=1S/C20H16N4O2S/c21-9-14-1-5-16(6-2-14)19-11-24(17-7-3-15(10-22)4-8-17)20(23-19)27-13-18(26)12-25/h1-8,11,18,25-26H,12-13H2. The highest BCUT2D eigenvalue weighted by Gasteiger charge is 2.14. The van der Waals surface area contributed by atoms with Gasteiger partial charge in [0.05, 0.1) is 41.7 Å². The van der Waals surface area contributed by atoms with Crippen LogP contribution in [0.25, 0.3) is 16.9 Å². The van der Waals surface area contributed by atoms with Crippen molar-refractivity contribution in [1.29, 1.82) is 10.5 Å². The fourth-order valence-electron chi connectivity index (χ4n) is 2.42. The molecule has 1 atom stereocenters. The summed E-state index contributed by atoms with van der Waals surface area (Å²) >= 11 is 1.33. The number of benzene rings is 2. The molecule has 6 nitrogen and oxygen atoms in total. The number of aromatic nitrogens is 2. The van der Waals surface area contributed by atoms with Crippen molar-refractivity contribution >= 4 is 11.8 Å². The molecular weight excluding hydrogens is 360 g/mol. The van der Waals surface area contributed by atoms with Crippen LogP contribution < -0.4 is 0 Å². The first-order valence-corrected chi connectivity index (χ1v) is 9.15. The van der Waals surface area contributed by atoms with E-state index in [1.165, 1.54) is 11.8 Å². The van der Waals surface area contributed by atoms with Crippen LogP contribution in [0.2, 0.25) is 0 Å². The second-order valence-electron chi connectivity index (χ2n) is 5.77. The topological polar surface area (TPSA) is 106 Å². The largest absolute Gasteiger partial charge is 0.394 e. The van der Waals surface area contributed by atoms with Crippen molar-refractivity contribution in [3.8, 4) is 29.1 Å². The fourth-order valence-corrected chi connectivity index (χ4v) is 3.33. The van der Waals surface area contributed by atoms with Crippen molar-refractivity contribution in [2.24, 2.45) is 0 Å². The van der Waals surface area contributed by atoms with Crippen LogP contribution in [0, 0.1) is 22.7 Å². The summed E-state index contributed by atoms with van der Waals surface area (Å²) in [5.41, 5.74) is 3.57. The van der Waals surface area contributed by atoms with Crippen LogP contribution in [0.1, 0.15) is 11.1 Å². The maximum absolute atomic E-state index is 9.66. The molecule has 0 bridgehead atoms.